The number of carbonyl (C=O) groups excluding carboxylic acids is 2. The van der Waals surface area contributed by atoms with Crippen LogP contribution in [-0.4, -0.2) is 102 Å². The highest BCUT2D eigenvalue weighted by Crippen LogP contribution is 2.30. The zero-order chi connectivity index (χ0) is 26.7. The molecule has 0 N–H and O–H groups in total. The van der Waals surface area contributed by atoms with Gasteiger partial charge in [0.1, 0.15) is 5.82 Å². The number of halogens is 1. The van der Waals surface area contributed by atoms with Crippen molar-refractivity contribution in [2.75, 3.05) is 58.8 Å². The van der Waals surface area contributed by atoms with Gasteiger partial charge in [0.25, 0.3) is 11.8 Å². The van der Waals surface area contributed by atoms with Gasteiger partial charge in [-0.05, 0) is 45.1 Å². The van der Waals surface area contributed by atoms with Crippen LogP contribution in [0.15, 0.2) is 18.2 Å². The average molecular weight is 533 g/mol. The van der Waals surface area contributed by atoms with E-state index >= 15 is 0 Å². The van der Waals surface area contributed by atoms with Gasteiger partial charge in [-0.25, -0.2) is 9.37 Å². The number of hydrogen-bond acceptors (Lipinski definition) is 8. The highest BCUT2D eigenvalue weighted by molar-refractivity contribution is 7.09. The molecule has 2 aromatic rings. The molecular formula is C26H37FN6O3S. The van der Waals surface area contributed by atoms with Crippen molar-refractivity contribution in [3.05, 3.63) is 35.4 Å². The fourth-order valence-corrected chi connectivity index (χ4v) is 5.52. The molecule has 0 spiro atoms. The molecule has 3 heterocycles. The zero-order valence-corrected chi connectivity index (χ0v) is 23.1. The molecule has 37 heavy (non-hydrogen) atoms. The second kappa shape index (κ2) is 11.7. The van der Waals surface area contributed by atoms with Crippen molar-refractivity contribution in [3.8, 4) is 5.75 Å². The van der Waals surface area contributed by atoms with E-state index in [-0.39, 0.29) is 29.2 Å². The lowest BCUT2D eigenvalue weighted by Gasteiger charge is -2.36. The summed E-state index contributed by atoms with van der Waals surface area (Å²) in [6, 6.07) is 4.33. The molecule has 0 aliphatic carbocycles. The number of piperidine rings is 1. The lowest BCUT2D eigenvalue weighted by Crippen LogP contribution is -2.47. The van der Waals surface area contributed by atoms with E-state index in [1.54, 1.807) is 18.0 Å². The quantitative estimate of drug-likeness (QED) is 0.491. The lowest BCUT2D eigenvalue weighted by atomic mass is 10.0. The summed E-state index contributed by atoms with van der Waals surface area (Å²) in [7, 11) is 5.56. The molecule has 202 valence electrons. The van der Waals surface area contributed by atoms with Crippen LogP contribution >= 0.6 is 11.5 Å². The van der Waals surface area contributed by atoms with Gasteiger partial charge in [0.15, 0.2) is 17.7 Å². The number of benzene rings is 1. The molecule has 2 aliphatic heterocycles. The molecule has 2 saturated heterocycles. The first-order valence-electron chi connectivity index (χ1n) is 12.9. The van der Waals surface area contributed by atoms with Crippen LogP contribution in [0.3, 0.4) is 0 Å². The van der Waals surface area contributed by atoms with Gasteiger partial charge in [0.05, 0.1) is 0 Å². The van der Waals surface area contributed by atoms with Crippen LogP contribution in [0.25, 0.3) is 0 Å². The van der Waals surface area contributed by atoms with Gasteiger partial charge in [-0.2, -0.15) is 4.37 Å². The summed E-state index contributed by atoms with van der Waals surface area (Å²) in [6.45, 7) is 7.66. The highest BCUT2D eigenvalue weighted by atomic mass is 32.1. The molecule has 4 rings (SSSR count). The lowest BCUT2D eigenvalue weighted by molar-refractivity contribution is -0.135. The van der Waals surface area contributed by atoms with E-state index in [2.05, 4.69) is 28.1 Å². The predicted molar refractivity (Wildman–Crippen MR) is 142 cm³/mol. The van der Waals surface area contributed by atoms with Crippen molar-refractivity contribution >= 4 is 28.5 Å². The number of likely N-dealkylation sites (tertiary alicyclic amines) is 1. The number of ether oxygens (including phenoxy) is 1. The van der Waals surface area contributed by atoms with Gasteiger partial charge in [-0.1, -0.05) is 13.8 Å². The summed E-state index contributed by atoms with van der Waals surface area (Å²) < 4.78 is 25.1. The molecule has 0 bridgehead atoms. The van der Waals surface area contributed by atoms with Gasteiger partial charge >= 0.3 is 0 Å². The van der Waals surface area contributed by atoms with E-state index < -0.39 is 11.9 Å². The van der Waals surface area contributed by atoms with Crippen LogP contribution in [0, 0.1) is 5.82 Å². The van der Waals surface area contributed by atoms with Gasteiger partial charge in [-0.3, -0.25) is 9.59 Å². The summed E-state index contributed by atoms with van der Waals surface area (Å²) in [5, 5.41) is 0.942. The SMILES string of the molecule is CC(C)c1nsc(N2CCC(N3CCC(Oc4ccc(C(=O)N(C)CCN(C)C)cc4F)C3=O)CC2)n1. The van der Waals surface area contributed by atoms with E-state index in [4.69, 9.17) is 4.74 Å². The van der Waals surface area contributed by atoms with E-state index in [1.807, 2.05) is 23.9 Å². The molecule has 1 unspecified atom stereocenters. The standard InChI is InChI=1S/C26H37FN6O3S/c1-17(2)23-28-26(37-29-23)32-11-8-19(9-12-32)33-13-10-22(25(33)35)36-21-7-6-18(16-20(21)27)24(34)31(5)15-14-30(3)4/h6-7,16-17,19,22H,8-15H2,1-5H3. The van der Waals surface area contributed by atoms with E-state index in [0.717, 1.165) is 36.9 Å². The third kappa shape index (κ3) is 6.38. The highest BCUT2D eigenvalue weighted by Gasteiger charge is 2.39. The monoisotopic (exact) mass is 532 g/mol. The van der Waals surface area contributed by atoms with Crippen LogP contribution in [0.1, 0.15) is 55.2 Å². The Morgan fingerprint density at radius 2 is 1.89 bits per heavy atom. The Kier molecular flexibility index (Phi) is 8.63. The Balaban J connectivity index is 1.31. The Bertz CT molecular complexity index is 1100. The molecular weight excluding hydrogens is 495 g/mol. The molecule has 0 saturated carbocycles. The van der Waals surface area contributed by atoms with Crippen molar-refractivity contribution in [1.82, 2.24) is 24.1 Å². The summed E-state index contributed by atoms with van der Waals surface area (Å²) in [5.74, 6) is 0.189. The zero-order valence-electron chi connectivity index (χ0n) is 22.3. The van der Waals surface area contributed by atoms with E-state index in [9.17, 15) is 14.0 Å². The van der Waals surface area contributed by atoms with Crippen LogP contribution < -0.4 is 9.64 Å². The smallest absolute Gasteiger partial charge is 0.263 e. The maximum atomic E-state index is 14.8. The molecule has 1 aromatic heterocycles. The number of carbonyl (C=O) groups is 2. The average Bonchev–Trinajstić information content (AvgIpc) is 3.51. The number of hydrogen-bond donors (Lipinski definition) is 0. The molecule has 2 fully saturated rings. The molecule has 2 amide bonds. The number of likely N-dealkylation sites (N-methyl/N-ethyl adjacent to an activating group) is 2. The Hall–Kier alpha value is -2.79. The van der Waals surface area contributed by atoms with Gasteiger partial charge in [0, 0.05) is 75.2 Å². The molecule has 11 heteroatoms. The number of anilines is 1. The van der Waals surface area contributed by atoms with Crippen LogP contribution in [-0.2, 0) is 4.79 Å². The Morgan fingerprint density at radius 1 is 1.16 bits per heavy atom. The molecule has 9 nitrogen and oxygen atoms in total. The first-order valence-corrected chi connectivity index (χ1v) is 13.7. The second-order valence-corrected chi connectivity index (χ2v) is 11.1. The summed E-state index contributed by atoms with van der Waals surface area (Å²) in [5.41, 5.74) is 0.258. The van der Waals surface area contributed by atoms with E-state index in [0.29, 0.717) is 32.0 Å². The third-order valence-electron chi connectivity index (χ3n) is 6.99. The van der Waals surface area contributed by atoms with Crippen LogP contribution in [0.2, 0.25) is 0 Å². The van der Waals surface area contributed by atoms with Crippen molar-refractivity contribution in [3.63, 3.8) is 0 Å². The molecule has 1 atom stereocenters. The largest absolute Gasteiger partial charge is 0.477 e. The third-order valence-corrected chi connectivity index (χ3v) is 7.78. The maximum absolute atomic E-state index is 14.8. The van der Waals surface area contributed by atoms with Gasteiger partial charge in [0.2, 0.25) is 5.13 Å². The minimum Gasteiger partial charge on any atom is -0.477 e. The van der Waals surface area contributed by atoms with Crippen LogP contribution in [0.4, 0.5) is 9.52 Å². The van der Waals surface area contributed by atoms with Gasteiger partial charge in [-0.15, -0.1) is 0 Å². The van der Waals surface area contributed by atoms with Crippen LogP contribution in [0.5, 0.6) is 5.75 Å². The summed E-state index contributed by atoms with van der Waals surface area (Å²) in [6.07, 6.45) is 1.50. The predicted octanol–water partition coefficient (Wildman–Crippen LogP) is 3.08. The summed E-state index contributed by atoms with van der Waals surface area (Å²) in [4.78, 5) is 38.1. The fraction of sp³-hybridized carbons (Fsp3) is 0.615. The number of amides is 2. The first-order chi connectivity index (χ1) is 17.6. The molecule has 2 aliphatic rings. The Labute approximate surface area is 222 Å². The molecule has 1 aromatic carbocycles. The maximum Gasteiger partial charge on any atom is 0.263 e. The van der Waals surface area contributed by atoms with Crippen molar-refractivity contribution in [2.45, 2.75) is 51.2 Å². The fourth-order valence-electron chi connectivity index (χ4n) is 4.66. The number of aromatic nitrogens is 2. The Morgan fingerprint density at radius 3 is 2.51 bits per heavy atom. The number of rotatable bonds is 9. The van der Waals surface area contributed by atoms with E-state index in [1.165, 1.54) is 23.7 Å². The molecule has 0 radical (unpaired) electrons. The first kappa shape index (κ1) is 27.3. The normalized spacial score (nSPS) is 18.8. The topological polar surface area (TPSA) is 82.1 Å². The summed E-state index contributed by atoms with van der Waals surface area (Å²) >= 11 is 1.43. The van der Waals surface area contributed by atoms with Crippen molar-refractivity contribution in [2.24, 2.45) is 0 Å². The second-order valence-electron chi connectivity index (χ2n) is 10.4. The minimum absolute atomic E-state index is 0.000240. The van der Waals surface area contributed by atoms with Crippen molar-refractivity contribution in [1.29, 1.82) is 0 Å². The number of nitrogens with zero attached hydrogens (tertiary/aromatic N) is 6. The van der Waals surface area contributed by atoms with Crippen molar-refractivity contribution < 1.29 is 18.7 Å². The van der Waals surface area contributed by atoms with Gasteiger partial charge < -0.3 is 24.3 Å². The minimum atomic E-state index is -0.714.